The first-order valence-corrected chi connectivity index (χ1v) is 13.0. The zero-order valence-corrected chi connectivity index (χ0v) is 21.2. The summed E-state index contributed by atoms with van der Waals surface area (Å²) in [6.45, 7) is 3.79. The van der Waals surface area contributed by atoms with Crippen LogP contribution in [0.5, 0.6) is 0 Å². The zero-order chi connectivity index (χ0) is 26.3. The Morgan fingerprint density at radius 3 is 2.63 bits per heavy atom. The lowest BCUT2D eigenvalue weighted by Gasteiger charge is -2.37. The number of β-amino-alcohol motifs (C(OH)–C–C–N with tert-alkyl or cyclic N) is 1. The third-order valence-electron chi connectivity index (χ3n) is 7.29. The summed E-state index contributed by atoms with van der Waals surface area (Å²) in [4.78, 5) is 31.8. The third kappa shape index (κ3) is 5.13. The summed E-state index contributed by atoms with van der Waals surface area (Å²) >= 11 is 0. The predicted molar refractivity (Wildman–Crippen MR) is 136 cm³/mol. The van der Waals surface area contributed by atoms with Crippen LogP contribution in [0, 0.1) is 17.2 Å². The van der Waals surface area contributed by atoms with Crippen molar-refractivity contribution < 1.29 is 23.8 Å². The number of carbonyl (C=O) groups excluding carboxylic acids is 1. The van der Waals surface area contributed by atoms with Crippen LogP contribution in [0.1, 0.15) is 38.3 Å². The van der Waals surface area contributed by atoms with E-state index in [9.17, 15) is 14.3 Å². The number of nitrogens with zero attached hydrogens (tertiary/aromatic N) is 4. The fourth-order valence-electron chi connectivity index (χ4n) is 4.84. The van der Waals surface area contributed by atoms with E-state index in [-0.39, 0.29) is 24.9 Å². The maximum Gasteiger partial charge on any atom is 0.233 e. The van der Waals surface area contributed by atoms with E-state index >= 15 is 0 Å². The van der Waals surface area contributed by atoms with Crippen molar-refractivity contribution in [3.8, 4) is 22.6 Å². The molecule has 1 aliphatic carbocycles. The fourth-order valence-corrected chi connectivity index (χ4v) is 4.84. The number of hydrogen-bond acceptors (Lipinski definition) is 8. The molecule has 2 aliphatic heterocycles. The van der Waals surface area contributed by atoms with E-state index in [2.05, 4.69) is 20.3 Å². The monoisotopic (exact) mass is 522 g/mol. The van der Waals surface area contributed by atoms with E-state index < -0.39 is 17.8 Å². The Morgan fingerprint density at radius 1 is 1.18 bits per heavy atom. The van der Waals surface area contributed by atoms with Gasteiger partial charge in [-0.3, -0.25) is 4.79 Å². The van der Waals surface area contributed by atoms with Crippen LogP contribution in [-0.4, -0.2) is 74.8 Å². The summed E-state index contributed by atoms with van der Waals surface area (Å²) in [6, 6.07) is 7.88. The molecule has 1 unspecified atom stereocenters. The summed E-state index contributed by atoms with van der Waals surface area (Å²) in [7, 11) is 0. The number of benzene rings is 1. The fraction of sp³-hybridized carbons (Fsp3) is 0.481. The number of imidazole rings is 1. The van der Waals surface area contributed by atoms with Crippen molar-refractivity contribution in [1.82, 2.24) is 24.8 Å². The largest absolute Gasteiger partial charge is 0.391 e. The summed E-state index contributed by atoms with van der Waals surface area (Å²) in [5, 5.41) is 13.1. The van der Waals surface area contributed by atoms with Crippen molar-refractivity contribution in [3.05, 3.63) is 48.2 Å². The smallest absolute Gasteiger partial charge is 0.233 e. The number of anilines is 1. The number of rotatable bonds is 7. The molecule has 1 aromatic carbocycles. The molecule has 3 aliphatic rings. The molecule has 6 rings (SSSR count). The number of ether oxygens (including phenoxy) is 2. The number of nitrogens with one attached hydrogen (secondary N) is 2. The van der Waals surface area contributed by atoms with Crippen LogP contribution in [0.25, 0.3) is 22.6 Å². The van der Waals surface area contributed by atoms with Crippen LogP contribution in [0.4, 0.5) is 10.3 Å². The normalized spacial score (nSPS) is 25.5. The van der Waals surface area contributed by atoms with Gasteiger partial charge in [-0.25, -0.2) is 19.3 Å². The van der Waals surface area contributed by atoms with Crippen LogP contribution in [0.3, 0.4) is 0 Å². The summed E-state index contributed by atoms with van der Waals surface area (Å²) in [5.41, 5.74) is 1.68. The lowest BCUT2D eigenvalue weighted by Crippen LogP contribution is -2.49. The average Bonchev–Trinajstić information content (AvgIpc) is 3.49. The topological polar surface area (TPSA) is 125 Å². The van der Waals surface area contributed by atoms with Gasteiger partial charge < -0.3 is 29.8 Å². The van der Waals surface area contributed by atoms with Crippen molar-refractivity contribution in [2.75, 3.05) is 38.2 Å². The standard InChI is InChI=1S/C27H31FN6O4/c1-27(25(36)34-11-9-19(35)13-34)14-37-24(38-15-27)23-32-21(17-4-6-18(28)7-5-17)22(33-23)20-8-10-29-26(31-20)30-12-16-2-3-16/h4-8,10,16,19,24,35H,2-3,9,11-15H2,1H3,(H,32,33)(H,29,30,31). The minimum absolute atomic E-state index is 0.0909. The number of aliphatic hydroxyl groups is 1. The van der Waals surface area contributed by atoms with E-state index in [0.717, 1.165) is 6.54 Å². The molecule has 11 heteroatoms. The summed E-state index contributed by atoms with van der Waals surface area (Å²) < 4.78 is 25.7. The Bertz CT molecular complexity index is 1300. The number of aromatic amines is 1. The molecule has 2 saturated heterocycles. The highest BCUT2D eigenvalue weighted by Crippen LogP contribution is 2.37. The number of aromatic nitrogens is 4. The molecular formula is C27H31FN6O4. The first-order valence-electron chi connectivity index (χ1n) is 13.0. The molecule has 2 aromatic heterocycles. The Balaban J connectivity index is 1.25. The Morgan fingerprint density at radius 2 is 1.95 bits per heavy atom. The highest BCUT2D eigenvalue weighted by atomic mass is 19.1. The van der Waals surface area contributed by atoms with Gasteiger partial charge in [0.25, 0.3) is 0 Å². The van der Waals surface area contributed by atoms with Gasteiger partial charge in [-0.15, -0.1) is 0 Å². The van der Waals surface area contributed by atoms with Gasteiger partial charge in [0.1, 0.15) is 5.82 Å². The van der Waals surface area contributed by atoms with Gasteiger partial charge >= 0.3 is 0 Å². The minimum Gasteiger partial charge on any atom is -0.391 e. The molecule has 38 heavy (non-hydrogen) atoms. The van der Waals surface area contributed by atoms with Crippen LogP contribution in [0.15, 0.2) is 36.5 Å². The van der Waals surface area contributed by atoms with Gasteiger partial charge in [-0.1, -0.05) is 0 Å². The van der Waals surface area contributed by atoms with Gasteiger partial charge in [-0.05, 0) is 62.4 Å². The first-order chi connectivity index (χ1) is 18.4. The van der Waals surface area contributed by atoms with Gasteiger partial charge in [0.05, 0.1) is 41.8 Å². The summed E-state index contributed by atoms with van der Waals surface area (Å²) in [5.74, 6) is 1.20. The first kappa shape index (κ1) is 24.9. The van der Waals surface area contributed by atoms with E-state index in [4.69, 9.17) is 14.5 Å². The number of H-pyrrole nitrogens is 1. The van der Waals surface area contributed by atoms with E-state index in [1.807, 2.05) is 6.92 Å². The molecule has 1 amide bonds. The average molecular weight is 523 g/mol. The molecule has 3 fully saturated rings. The zero-order valence-electron chi connectivity index (χ0n) is 21.2. The molecule has 0 radical (unpaired) electrons. The van der Waals surface area contributed by atoms with Crippen LogP contribution in [0.2, 0.25) is 0 Å². The third-order valence-corrected chi connectivity index (χ3v) is 7.29. The van der Waals surface area contributed by atoms with Crippen molar-refractivity contribution in [2.45, 2.75) is 38.6 Å². The van der Waals surface area contributed by atoms with Gasteiger partial charge in [0.15, 0.2) is 5.82 Å². The maximum atomic E-state index is 13.7. The number of likely N-dealkylation sites (tertiary alicyclic amines) is 1. The number of amides is 1. The second kappa shape index (κ2) is 10.0. The molecule has 0 spiro atoms. The van der Waals surface area contributed by atoms with Crippen LogP contribution < -0.4 is 5.32 Å². The van der Waals surface area contributed by atoms with Gasteiger partial charge in [0, 0.05) is 31.4 Å². The molecular weight excluding hydrogens is 491 g/mol. The quantitative estimate of drug-likeness (QED) is 0.432. The van der Waals surface area contributed by atoms with Crippen molar-refractivity contribution >= 4 is 11.9 Å². The Labute approximate surface area is 219 Å². The number of aliphatic hydroxyl groups excluding tert-OH is 1. The second-order valence-corrected chi connectivity index (χ2v) is 10.7. The highest BCUT2D eigenvalue weighted by Gasteiger charge is 2.44. The molecule has 1 saturated carbocycles. The molecule has 4 heterocycles. The molecule has 3 aromatic rings. The van der Waals surface area contributed by atoms with Crippen molar-refractivity contribution in [1.29, 1.82) is 0 Å². The number of hydrogen-bond donors (Lipinski definition) is 3. The van der Waals surface area contributed by atoms with E-state index in [0.29, 0.717) is 59.8 Å². The van der Waals surface area contributed by atoms with Gasteiger partial charge in [0.2, 0.25) is 18.1 Å². The van der Waals surface area contributed by atoms with Crippen molar-refractivity contribution in [2.24, 2.45) is 11.3 Å². The lowest BCUT2D eigenvalue weighted by atomic mass is 9.90. The molecule has 200 valence electrons. The maximum absolute atomic E-state index is 13.7. The minimum atomic E-state index is -0.857. The second-order valence-electron chi connectivity index (χ2n) is 10.7. The molecule has 10 nitrogen and oxygen atoms in total. The molecule has 0 bridgehead atoms. The van der Waals surface area contributed by atoms with Crippen LogP contribution in [-0.2, 0) is 14.3 Å². The Kier molecular flexibility index (Phi) is 6.58. The van der Waals surface area contributed by atoms with Gasteiger partial charge in [-0.2, -0.15) is 0 Å². The predicted octanol–water partition coefficient (Wildman–Crippen LogP) is 3.14. The highest BCUT2D eigenvalue weighted by molar-refractivity contribution is 5.83. The van der Waals surface area contributed by atoms with E-state index in [1.165, 1.54) is 25.0 Å². The van der Waals surface area contributed by atoms with Crippen LogP contribution >= 0.6 is 0 Å². The summed E-state index contributed by atoms with van der Waals surface area (Å²) in [6.07, 6.45) is 3.40. The SMILES string of the molecule is CC1(C(=O)N2CCC(O)C2)COC(c2nc(-c3ccc(F)cc3)c(-c3ccnc(NCC4CC4)n3)[nH]2)OC1. The van der Waals surface area contributed by atoms with Crippen molar-refractivity contribution in [3.63, 3.8) is 0 Å². The van der Waals surface area contributed by atoms with E-state index in [1.54, 1.807) is 29.3 Å². The number of carbonyl (C=O) groups is 1. The molecule has 3 N–H and O–H groups in total. The number of halogens is 1. The molecule has 1 atom stereocenters. The lowest BCUT2D eigenvalue weighted by molar-refractivity contribution is -0.234. The Hall–Kier alpha value is -3.41.